The quantitative estimate of drug-likeness (QED) is 0.689. The summed E-state index contributed by atoms with van der Waals surface area (Å²) in [5.74, 6) is -0.580. The maximum Gasteiger partial charge on any atom is 0.167 e. The van der Waals surface area contributed by atoms with Crippen molar-refractivity contribution in [2.45, 2.75) is 0 Å². The summed E-state index contributed by atoms with van der Waals surface area (Å²) in [6.45, 7) is 3.74. The molecule has 7 heteroatoms. The van der Waals surface area contributed by atoms with Gasteiger partial charge in [-0.1, -0.05) is 6.58 Å². The summed E-state index contributed by atoms with van der Waals surface area (Å²) in [6, 6.07) is 4.12. The summed E-state index contributed by atoms with van der Waals surface area (Å²) in [6.07, 6.45) is 4.21. The summed E-state index contributed by atoms with van der Waals surface area (Å²) in [7, 11) is 0. The molecule has 3 heterocycles. The first-order valence-corrected chi connectivity index (χ1v) is 6.09. The van der Waals surface area contributed by atoms with Crippen molar-refractivity contribution in [2.24, 2.45) is 0 Å². The fraction of sp³-hybridized carbons (Fsp3) is 0. The van der Waals surface area contributed by atoms with E-state index in [4.69, 9.17) is 0 Å². The average Bonchev–Trinajstić information content (AvgIpc) is 2.84. The van der Waals surface area contributed by atoms with E-state index in [9.17, 15) is 8.78 Å². The van der Waals surface area contributed by atoms with Crippen LogP contribution >= 0.6 is 0 Å². The minimum atomic E-state index is -0.493. The van der Waals surface area contributed by atoms with Crippen molar-refractivity contribution in [1.29, 1.82) is 0 Å². The van der Waals surface area contributed by atoms with Gasteiger partial charge in [0, 0.05) is 17.8 Å². The van der Waals surface area contributed by atoms with Gasteiger partial charge >= 0.3 is 0 Å². The minimum Gasteiger partial charge on any atom is -0.344 e. The Hall–Kier alpha value is -2.96. The number of hydrogen-bond donors (Lipinski definition) is 3. The Morgan fingerprint density at radius 2 is 2.10 bits per heavy atom. The first kappa shape index (κ1) is 13.0. The average molecular weight is 287 g/mol. The smallest absolute Gasteiger partial charge is 0.167 e. The molecule has 21 heavy (non-hydrogen) atoms. The molecule has 5 nitrogen and oxygen atoms in total. The second kappa shape index (κ2) is 5.20. The van der Waals surface area contributed by atoms with E-state index in [0.717, 1.165) is 6.20 Å². The number of rotatable bonds is 4. The highest BCUT2D eigenvalue weighted by Gasteiger charge is 2.08. The normalized spacial score (nSPS) is 10.6. The van der Waals surface area contributed by atoms with Gasteiger partial charge in [0.05, 0.1) is 11.9 Å². The highest BCUT2D eigenvalue weighted by Crippen LogP contribution is 2.23. The Morgan fingerprint density at radius 3 is 2.90 bits per heavy atom. The van der Waals surface area contributed by atoms with Gasteiger partial charge in [-0.25, -0.2) is 18.7 Å². The van der Waals surface area contributed by atoms with Crippen LogP contribution in [0.1, 0.15) is 0 Å². The fourth-order valence-corrected chi connectivity index (χ4v) is 1.90. The second-order valence-corrected chi connectivity index (χ2v) is 4.31. The molecule has 3 rings (SSSR count). The predicted octanol–water partition coefficient (Wildman–Crippen LogP) is 3.23. The lowest BCUT2D eigenvalue weighted by molar-refractivity contribution is 0.624. The lowest BCUT2D eigenvalue weighted by atomic mass is 10.3. The second-order valence-electron chi connectivity index (χ2n) is 4.31. The third kappa shape index (κ3) is 2.66. The molecule has 0 spiro atoms. The lowest BCUT2D eigenvalue weighted by Gasteiger charge is -2.11. The number of fused-ring (bicyclic) bond motifs is 1. The lowest BCUT2D eigenvalue weighted by Crippen LogP contribution is -2.10. The van der Waals surface area contributed by atoms with Crippen molar-refractivity contribution in [3.63, 3.8) is 0 Å². The van der Waals surface area contributed by atoms with Crippen LogP contribution in [0, 0.1) is 11.6 Å². The number of nitrogens with one attached hydrogen (secondary N) is 3. The molecule has 0 unspecified atom stereocenters. The Morgan fingerprint density at radius 1 is 1.24 bits per heavy atom. The van der Waals surface area contributed by atoms with E-state index in [2.05, 4.69) is 32.2 Å². The fourth-order valence-electron chi connectivity index (χ4n) is 1.90. The monoisotopic (exact) mass is 287 g/mol. The van der Waals surface area contributed by atoms with Crippen molar-refractivity contribution in [3.05, 3.63) is 60.8 Å². The van der Waals surface area contributed by atoms with Crippen molar-refractivity contribution in [2.75, 3.05) is 10.6 Å². The molecule has 0 saturated heterocycles. The van der Waals surface area contributed by atoms with Crippen LogP contribution in [0.4, 0.5) is 20.3 Å². The van der Waals surface area contributed by atoms with Crippen molar-refractivity contribution in [1.82, 2.24) is 15.0 Å². The third-order valence-corrected chi connectivity index (χ3v) is 2.81. The van der Waals surface area contributed by atoms with Crippen LogP contribution in [-0.4, -0.2) is 15.0 Å². The summed E-state index contributed by atoms with van der Waals surface area (Å²) in [5.41, 5.74) is 1.11. The first-order valence-electron chi connectivity index (χ1n) is 6.09. The summed E-state index contributed by atoms with van der Waals surface area (Å²) >= 11 is 0. The number of aromatic amines is 1. The van der Waals surface area contributed by atoms with Gasteiger partial charge in [0.1, 0.15) is 17.3 Å². The topological polar surface area (TPSA) is 65.6 Å². The molecule has 0 aliphatic carbocycles. The maximum absolute atomic E-state index is 13.5. The zero-order valence-electron chi connectivity index (χ0n) is 10.8. The van der Waals surface area contributed by atoms with Crippen molar-refractivity contribution < 1.29 is 8.78 Å². The van der Waals surface area contributed by atoms with Crippen molar-refractivity contribution >= 4 is 22.5 Å². The molecule has 0 atom stereocenters. The van der Waals surface area contributed by atoms with Gasteiger partial charge in [0.25, 0.3) is 0 Å². The first-order chi connectivity index (χ1) is 10.1. The van der Waals surface area contributed by atoms with Crippen LogP contribution in [0.2, 0.25) is 0 Å². The Bertz CT molecular complexity index is 812. The summed E-state index contributed by atoms with van der Waals surface area (Å²) < 4.78 is 26.7. The zero-order chi connectivity index (χ0) is 14.8. The van der Waals surface area contributed by atoms with Gasteiger partial charge in [-0.2, -0.15) is 0 Å². The van der Waals surface area contributed by atoms with Crippen LogP contribution in [0.5, 0.6) is 0 Å². The molecule has 0 bridgehead atoms. The largest absolute Gasteiger partial charge is 0.344 e. The van der Waals surface area contributed by atoms with Gasteiger partial charge in [-0.3, -0.25) is 0 Å². The molecule has 0 aromatic carbocycles. The molecule has 3 aromatic heterocycles. The maximum atomic E-state index is 13.5. The number of H-pyrrole nitrogens is 1. The molecule has 3 aromatic rings. The van der Waals surface area contributed by atoms with Crippen LogP contribution in [0.3, 0.4) is 0 Å². The molecule has 0 amide bonds. The highest BCUT2D eigenvalue weighted by atomic mass is 19.1. The van der Waals surface area contributed by atoms with E-state index < -0.39 is 11.6 Å². The van der Waals surface area contributed by atoms with Gasteiger partial charge in [0.15, 0.2) is 11.6 Å². The predicted molar refractivity (Wildman–Crippen MR) is 76.6 cm³/mol. The molecule has 0 radical (unpaired) electrons. The van der Waals surface area contributed by atoms with Gasteiger partial charge < -0.3 is 15.6 Å². The molecule has 3 N–H and O–H groups in total. The van der Waals surface area contributed by atoms with E-state index in [1.807, 2.05) is 0 Å². The molecule has 0 fully saturated rings. The molecular formula is C14H11F2N5. The van der Waals surface area contributed by atoms with E-state index in [1.54, 1.807) is 6.20 Å². The number of nitrogens with zero attached hydrogens (tertiary/aromatic N) is 2. The number of aromatic nitrogens is 3. The minimum absolute atomic E-state index is 0.0548. The third-order valence-electron chi connectivity index (χ3n) is 2.81. The summed E-state index contributed by atoms with van der Waals surface area (Å²) in [5, 5.41) is 6.19. The van der Waals surface area contributed by atoms with Crippen LogP contribution in [0.25, 0.3) is 11.0 Å². The molecule has 0 aliphatic rings. The van der Waals surface area contributed by atoms with Crippen LogP contribution < -0.4 is 10.6 Å². The molecule has 0 saturated carbocycles. The number of anilines is 2. The van der Waals surface area contributed by atoms with E-state index >= 15 is 0 Å². The number of hydrogen-bond acceptors (Lipinski definition) is 4. The molecule has 106 valence electrons. The highest BCUT2D eigenvalue weighted by molar-refractivity contribution is 5.90. The zero-order valence-corrected chi connectivity index (χ0v) is 10.8. The number of halogens is 2. The van der Waals surface area contributed by atoms with Crippen LogP contribution in [-0.2, 0) is 0 Å². The summed E-state index contributed by atoms with van der Waals surface area (Å²) in [4.78, 5) is 10.7. The van der Waals surface area contributed by atoms with Crippen LogP contribution in [0.15, 0.2) is 49.2 Å². The van der Waals surface area contributed by atoms with Gasteiger partial charge in [0.2, 0.25) is 0 Å². The van der Waals surface area contributed by atoms with Crippen molar-refractivity contribution in [3.8, 4) is 0 Å². The number of pyridine rings is 2. The van der Waals surface area contributed by atoms with Gasteiger partial charge in [-0.15, -0.1) is 0 Å². The molecular weight excluding hydrogens is 276 g/mol. The van der Waals surface area contributed by atoms with Gasteiger partial charge in [-0.05, 0) is 18.2 Å². The van der Waals surface area contributed by atoms with E-state index in [1.165, 1.54) is 24.4 Å². The standard InChI is InChI=1S/C14H11F2N5/c1-8(21-14-11(16)3-2-4-17-14)20-12-7-19-13-10(12)5-9(15)6-18-13/h2-7,20H,1H2,(H,17,21)(H,18,19). The SMILES string of the molecule is C=C(Nc1ncccc1F)Nc1c[nH]c2ncc(F)cc12. The van der Waals surface area contributed by atoms with E-state index in [-0.39, 0.29) is 5.82 Å². The molecule has 0 aliphatic heterocycles. The Labute approximate surface area is 118 Å². The van der Waals surface area contributed by atoms with E-state index in [0.29, 0.717) is 22.5 Å². The Balaban J connectivity index is 1.80. The Kier molecular flexibility index (Phi) is 3.23.